The molecule has 0 radical (unpaired) electrons. The number of rotatable bonds is 9. The lowest BCUT2D eigenvalue weighted by Crippen LogP contribution is -2.94. The minimum atomic E-state index is -2.24. The van der Waals surface area contributed by atoms with E-state index >= 15 is 0 Å². The van der Waals surface area contributed by atoms with E-state index in [0.717, 1.165) is 4.90 Å². The molecule has 3 aliphatic heterocycles. The molecule has 16 atom stereocenters. The Morgan fingerprint density at radius 3 is 2.37 bits per heavy atom. The van der Waals surface area contributed by atoms with Crippen LogP contribution in [0.3, 0.4) is 0 Å². The van der Waals surface area contributed by atoms with Gasteiger partial charge in [-0.3, -0.25) is 29.8 Å². The highest BCUT2D eigenvalue weighted by Gasteiger charge is 2.61. The number of carbonyl (C=O) groups excluding carboxylic acids is 4. The molecule has 15 nitrogen and oxygen atoms in total. The lowest BCUT2D eigenvalue weighted by molar-refractivity contribution is -0.699. The van der Waals surface area contributed by atoms with Crippen molar-refractivity contribution in [3.8, 4) is 0 Å². The average Bonchev–Trinajstić information content (AvgIpc) is 3.38. The molecule has 5 fully saturated rings. The normalized spacial score (nSPS) is 46.5. The van der Waals surface area contributed by atoms with Crippen molar-refractivity contribution in [1.82, 2.24) is 4.90 Å². The quantitative estimate of drug-likeness (QED) is 0.119. The minimum Gasteiger partial charge on any atom is -0.394 e. The maximum atomic E-state index is 14.0. The Kier molecular flexibility index (Phi) is 10.8. The molecule has 274 valence electrons. The molecule has 16 unspecified atom stereocenters. The van der Waals surface area contributed by atoms with E-state index in [2.05, 4.69) is 0 Å². The van der Waals surface area contributed by atoms with Crippen LogP contribution in [0.25, 0.3) is 0 Å². The van der Waals surface area contributed by atoms with Crippen molar-refractivity contribution in [3.05, 3.63) is 12.2 Å². The molecule has 15 heteroatoms. The van der Waals surface area contributed by atoms with Crippen LogP contribution in [0.15, 0.2) is 12.2 Å². The van der Waals surface area contributed by atoms with Gasteiger partial charge >= 0.3 is 0 Å². The maximum Gasteiger partial charge on any atom is 0.253 e. The number of nitrogens with zero attached hydrogens (tertiary/aromatic N) is 1. The first-order valence-electron chi connectivity index (χ1n) is 17.7. The summed E-state index contributed by atoms with van der Waals surface area (Å²) in [5.74, 6) is -5.16. The zero-order valence-electron chi connectivity index (χ0n) is 28.1. The maximum absolute atomic E-state index is 14.0. The Bertz CT molecular complexity index is 1290. The van der Waals surface area contributed by atoms with Crippen molar-refractivity contribution in [1.29, 1.82) is 0 Å². The van der Waals surface area contributed by atoms with Crippen LogP contribution in [-0.4, -0.2) is 135 Å². The summed E-state index contributed by atoms with van der Waals surface area (Å²) in [4.78, 5) is 53.9. The third-order valence-corrected chi connectivity index (χ3v) is 12.3. The first-order valence-corrected chi connectivity index (χ1v) is 17.7. The van der Waals surface area contributed by atoms with E-state index in [0.29, 0.717) is 38.6 Å². The van der Waals surface area contributed by atoms with Crippen molar-refractivity contribution >= 4 is 23.4 Å². The summed E-state index contributed by atoms with van der Waals surface area (Å²) in [7, 11) is 1.50. The molecule has 0 aromatic carbocycles. The molecule has 49 heavy (non-hydrogen) atoms. The Hall–Kier alpha value is -2.18. The number of ether oxygens (including phenoxy) is 3. The summed E-state index contributed by atoms with van der Waals surface area (Å²) in [6.07, 6.45) is -4.87. The molecule has 2 saturated heterocycles. The molecule has 6 rings (SSSR count). The lowest BCUT2D eigenvalue weighted by Gasteiger charge is -2.53. The molecule has 0 bridgehead atoms. The van der Waals surface area contributed by atoms with Gasteiger partial charge in [0.15, 0.2) is 6.29 Å². The number of carbonyl (C=O) groups is 4. The predicted octanol–water partition coefficient (Wildman–Crippen LogP) is -3.05. The number of aliphatic hydroxyl groups excluding tert-OH is 4. The van der Waals surface area contributed by atoms with Gasteiger partial charge in [0.2, 0.25) is 0 Å². The third-order valence-electron chi connectivity index (χ3n) is 12.3. The number of amides is 2. The second-order valence-corrected chi connectivity index (χ2v) is 15.4. The van der Waals surface area contributed by atoms with Gasteiger partial charge < -0.3 is 45.1 Å². The molecule has 6 aliphatic rings. The van der Waals surface area contributed by atoms with Gasteiger partial charge in [-0.05, 0) is 49.9 Å². The van der Waals surface area contributed by atoms with Gasteiger partial charge in [0, 0.05) is 50.5 Å². The minimum absolute atomic E-state index is 0.0717. The van der Waals surface area contributed by atoms with Crippen LogP contribution < -0.4 is 11.1 Å². The average molecular weight is 695 g/mol. The zero-order chi connectivity index (χ0) is 35.4. The first kappa shape index (κ1) is 36.6. The number of aliphatic hydroxyl groups is 5. The standard InChI is InChI=1S/C34H51N3O12/c1-15-7-19-27(21(39)8-15)30(43)28-20(29(19)42)10-18(47-2)11-22(28)48-33-31(44)32(45)34(46,23(14-38)49-33)12-17(16-5-6-36-24(35)9-16)13-37-25(40)3-4-26(37)41/h3-4,15-24,27-28,31-33,36,38-39,44-46H,5-14,35H2,1-2H3/p+1. The Morgan fingerprint density at radius 2 is 1.71 bits per heavy atom. The Labute approximate surface area is 285 Å². The van der Waals surface area contributed by atoms with Crippen LogP contribution in [0, 0.1) is 41.4 Å². The van der Waals surface area contributed by atoms with E-state index in [1.165, 1.54) is 19.3 Å². The monoisotopic (exact) mass is 694 g/mol. The summed E-state index contributed by atoms with van der Waals surface area (Å²) in [6, 6.07) is 0. The zero-order valence-corrected chi connectivity index (χ0v) is 28.1. The number of hydrogen-bond donors (Lipinski definition) is 7. The van der Waals surface area contributed by atoms with Gasteiger partial charge in [0.05, 0.1) is 43.3 Å². The molecule has 9 N–H and O–H groups in total. The highest BCUT2D eigenvalue weighted by molar-refractivity contribution is 6.12. The van der Waals surface area contributed by atoms with E-state index in [1.807, 2.05) is 12.2 Å². The second kappa shape index (κ2) is 14.4. The first-order chi connectivity index (χ1) is 23.3. The number of ketones is 2. The van der Waals surface area contributed by atoms with Crippen molar-refractivity contribution in [2.45, 2.75) is 107 Å². The molecular formula is C34H52N3O12+. The summed E-state index contributed by atoms with van der Waals surface area (Å²) in [5.41, 5.74) is 3.98. The fourth-order valence-electron chi connectivity index (χ4n) is 9.78. The fourth-order valence-corrected chi connectivity index (χ4v) is 9.78. The van der Waals surface area contributed by atoms with Crippen LogP contribution in [-0.2, 0) is 33.4 Å². The van der Waals surface area contributed by atoms with Gasteiger partial charge in [-0.1, -0.05) is 6.92 Å². The summed E-state index contributed by atoms with van der Waals surface area (Å²) in [6.45, 7) is 1.77. The van der Waals surface area contributed by atoms with Crippen molar-refractivity contribution < 1.29 is 64.2 Å². The highest BCUT2D eigenvalue weighted by Crippen LogP contribution is 2.49. The van der Waals surface area contributed by atoms with E-state index in [4.69, 9.17) is 19.9 Å². The van der Waals surface area contributed by atoms with Crippen LogP contribution in [0.2, 0.25) is 0 Å². The van der Waals surface area contributed by atoms with Crippen molar-refractivity contribution in [2.75, 3.05) is 26.8 Å². The molecule has 0 aromatic heterocycles. The topological polar surface area (TPSA) is 243 Å². The van der Waals surface area contributed by atoms with Gasteiger partial charge in [0.25, 0.3) is 11.8 Å². The second-order valence-electron chi connectivity index (χ2n) is 15.4. The molecule has 0 aromatic rings. The van der Waals surface area contributed by atoms with Crippen LogP contribution in [0.4, 0.5) is 0 Å². The number of nitrogens with two attached hydrogens (primary N) is 2. The van der Waals surface area contributed by atoms with Gasteiger partial charge in [0.1, 0.15) is 41.6 Å². The Balaban J connectivity index is 1.23. The van der Waals surface area contributed by atoms with Gasteiger partial charge in [-0.25, -0.2) is 0 Å². The molecule has 2 amide bonds. The SMILES string of the molecule is COC1CC(OC2OC(CO)C(O)(CC(CN3C(=O)C=CC3=O)C3CC[NH2+]C(N)C3)C(O)C2O)C2C(=O)C3C(O)CC(C)CC3C(=O)C2C1. The van der Waals surface area contributed by atoms with Crippen LogP contribution >= 0.6 is 0 Å². The van der Waals surface area contributed by atoms with E-state index in [1.54, 1.807) is 0 Å². The number of imide groups is 1. The third kappa shape index (κ3) is 6.79. The van der Waals surface area contributed by atoms with E-state index < -0.39 is 96.5 Å². The summed E-state index contributed by atoms with van der Waals surface area (Å²) in [5, 5.41) is 58.4. The molecule has 3 heterocycles. The largest absolute Gasteiger partial charge is 0.394 e. The lowest BCUT2D eigenvalue weighted by atomic mass is 9.55. The number of quaternary nitrogens is 1. The number of piperidine rings is 1. The number of methoxy groups -OCH3 is 1. The molecular weight excluding hydrogens is 642 g/mol. The number of Topliss-reactive ketones (excluding diaryl/α,β-unsaturated/α-hetero) is 2. The van der Waals surface area contributed by atoms with E-state index in [-0.39, 0.29) is 49.0 Å². The number of hydrogen-bond acceptors (Lipinski definition) is 13. The van der Waals surface area contributed by atoms with Gasteiger partial charge in [-0.15, -0.1) is 0 Å². The summed E-state index contributed by atoms with van der Waals surface area (Å²) >= 11 is 0. The summed E-state index contributed by atoms with van der Waals surface area (Å²) < 4.78 is 17.9. The highest BCUT2D eigenvalue weighted by atomic mass is 16.7. The van der Waals surface area contributed by atoms with Gasteiger partial charge in [-0.2, -0.15) is 0 Å². The van der Waals surface area contributed by atoms with Crippen LogP contribution in [0.5, 0.6) is 0 Å². The van der Waals surface area contributed by atoms with Crippen molar-refractivity contribution in [2.24, 2.45) is 47.2 Å². The predicted molar refractivity (Wildman–Crippen MR) is 167 cm³/mol. The molecule has 3 aliphatic carbocycles. The Morgan fingerprint density at radius 1 is 1.02 bits per heavy atom. The van der Waals surface area contributed by atoms with Crippen LogP contribution in [0.1, 0.15) is 51.9 Å². The number of fused-ring (bicyclic) bond motifs is 2. The van der Waals surface area contributed by atoms with Crippen molar-refractivity contribution in [3.63, 3.8) is 0 Å². The van der Waals surface area contributed by atoms with E-state index in [9.17, 15) is 44.7 Å². The fraction of sp³-hybridized carbons (Fsp3) is 0.824. The molecule has 3 saturated carbocycles. The smallest absolute Gasteiger partial charge is 0.253 e. The molecule has 0 spiro atoms.